The molecule has 1 aliphatic heterocycles. The Balaban J connectivity index is 1.50. The number of hydrogen-bond acceptors (Lipinski definition) is 3. The quantitative estimate of drug-likeness (QED) is 0.497. The van der Waals surface area contributed by atoms with Crippen molar-refractivity contribution >= 4 is 61.0 Å². The number of rotatable bonds is 3. The number of hydrogen-bond donors (Lipinski definition) is 1. The van der Waals surface area contributed by atoms with Crippen LogP contribution in [0.2, 0.25) is 0 Å². The van der Waals surface area contributed by atoms with E-state index in [9.17, 15) is 14.4 Å². The number of imide groups is 1. The first-order chi connectivity index (χ1) is 13.5. The molecule has 1 heterocycles. The van der Waals surface area contributed by atoms with Gasteiger partial charge in [-0.05, 0) is 49.2 Å². The molecule has 4 rings (SSSR count). The summed E-state index contributed by atoms with van der Waals surface area (Å²) in [6, 6.07) is 15.7. The minimum Gasteiger partial charge on any atom is -0.322 e. The van der Waals surface area contributed by atoms with Crippen molar-refractivity contribution in [2.45, 2.75) is 22.5 Å². The van der Waals surface area contributed by atoms with Gasteiger partial charge in [-0.25, -0.2) is 0 Å². The lowest BCUT2D eigenvalue weighted by Crippen LogP contribution is -2.34. The number of alkyl halides is 2. The Morgan fingerprint density at radius 1 is 0.857 bits per heavy atom. The van der Waals surface area contributed by atoms with Crippen molar-refractivity contribution in [2.75, 3.05) is 10.2 Å². The van der Waals surface area contributed by atoms with Crippen LogP contribution in [0.3, 0.4) is 0 Å². The first-order valence-corrected chi connectivity index (χ1v) is 10.9. The van der Waals surface area contributed by atoms with Crippen molar-refractivity contribution in [3.8, 4) is 0 Å². The van der Waals surface area contributed by atoms with Gasteiger partial charge in [-0.15, -0.1) is 0 Å². The number of carbonyl (C=O) groups excluding carboxylic acids is 3. The molecule has 144 valence electrons. The molecule has 1 saturated carbocycles. The molecule has 2 aliphatic rings. The summed E-state index contributed by atoms with van der Waals surface area (Å²) < 4.78 is 0. The predicted molar refractivity (Wildman–Crippen MR) is 115 cm³/mol. The highest BCUT2D eigenvalue weighted by Crippen LogP contribution is 2.44. The third-order valence-corrected chi connectivity index (χ3v) is 8.06. The maximum absolute atomic E-state index is 12.8. The van der Waals surface area contributed by atoms with E-state index >= 15 is 0 Å². The fourth-order valence-electron chi connectivity index (χ4n) is 3.84. The van der Waals surface area contributed by atoms with Crippen LogP contribution < -0.4 is 10.2 Å². The van der Waals surface area contributed by atoms with Gasteiger partial charge in [0.15, 0.2) is 0 Å². The van der Waals surface area contributed by atoms with Gasteiger partial charge in [0, 0.05) is 20.9 Å². The number of halogens is 2. The molecule has 0 spiro atoms. The van der Waals surface area contributed by atoms with Gasteiger partial charge in [-0.2, -0.15) is 0 Å². The molecule has 3 amide bonds. The van der Waals surface area contributed by atoms with Crippen LogP contribution in [-0.2, 0) is 9.59 Å². The Bertz CT molecular complexity index is 889. The van der Waals surface area contributed by atoms with Crippen LogP contribution in [0, 0.1) is 11.8 Å². The number of anilines is 2. The van der Waals surface area contributed by atoms with Crippen LogP contribution in [0.5, 0.6) is 0 Å². The fraction of sp³-hybridized carbons (Fsp3) is 0.286. The largest absolute Gasteiger partial charge is 0.322 e. The highest BCUT2D eigenvalue weighted by molar-refractivity contribution is 9.12. The Hall–Kier alpha value is -1.99. The number of benzene rings is 2. The zero-order valence-electron chi connectivity index (χ0n) is 14.8. The van der Waals surface area contributed by atoms with Crippen LogP contribution in [0.15, 0.2) is 54.6 Å². The van der Waals surface area contributed by atoms with E-state index in [1.807, 2.05) is 6.07 Å². The molecular formula is C21H18Br2N2O3. The third kappa shape index (κ3) is 3.53. The molecule has 2 aromatic carbocycles. The van der Waals surface area contributed by atoms with Crippen LogP contribution in [0.1, 0.15) is 23.2 Å². The summed E-state index contributed by atoms with van der Waals surface area (Å²) >= 11 is 7.19. The van der Waals surface area contributed by atoms with Gasteiger partial charge >= 0.3 is 0 Å². The van der Waals surface area contributed by atoms with E-state index < -0.39 is 0 Å². The predicted octanol–water partition coefficient (Wildman–Crippen LogP) is 4.37. The van der Waals surface area contributed by atoms with Crippen LogP contribution >= 0.6 is 31.9 Å². The normalized spacial score (nSPS) is 26.9. The van der Waals surface area contributed by atoms with Crippen molar-refractivity contribution in [3.63, 3.8) is 0 Å². The van der Waals surface area contributed by atoms with E-state index in [0.717, 1.165) is 0 Å². The summed E-state index contributed by atoms with van der Waals surface area (Å²) in [6.45, 7) is 0. The number of fused-ring (bicyclic) bond motifs is 1. The second-order valence-corrected chi connectivity index (χ2v) is 9.45. The molecule has 4 atom stereocenters. The molecule has 0 unspecified atom stereocenters. The highest BCUT2D eigenvalue weighted by Gasteiger charge is 2.52. The molecule has 0 bridgehead atoms. The van der Waals surface area contributed by atoms with Crippen molar-refractivity contribution in [2.24, 2.45) is 11.8 Å². The molecule has 1 aliphatic carbocycles. The maximum Gasteiger partial charge on any atom is 0.255 e. The lowest BCUT2D eigenvalue weighted by atomic mass is 9.81. The van der Waals surface area contributed by atoms with Crippen molar-refractivity contribution in [1.82, 2.24) is 0 Å². The molecule has 5 nitrogen and oxygen atoms in total. The monoisotopic (exact) mass is 504 g/mol. The number of amides is 3. The molecule has 1 N–H and O–H groups in total. The van der Waals surface area contributed by atoms with Gasteiger partial charge < -0.3 is 5.32 Å². The second-order valence-electron chi connectivity index (χ2n) is 7.10. The summed E-state index contributed by atoms with van der Waals surface area (Å²) in [6.07, 6.45) is 1.29. The fourth-order valence-corrected chi connectivity index (χ4v) is 5.07. The van der Waals surface area contributed by atoms with E-state index in [1.165, 1.54) is 4.90 Å². The number of nitrogens with one attached hydrogen (secondary N) is 1. The summed E-state index contributed by atoms with van der Waals surface area (Å²) in [5, 5.41) is 2.82. The molecule has 2 aromatic rings. The van der Waals surface area contributed by atoms with Crippen molar-refractivity contribution in [3.05, 3.63) is 60.2 Å². The second kappa shape index (κ2) is 7.79. The summed E-state index contributed by atoms with van der Waals surface area (Å²) in [7, 11) is 0. The molecule has 28 heavy (non-hydrogen) atoms. The van der Waals surface area contributed by atoms with E-state index in [1.54, 1.807) is 48.5 Å². The first-order valence-electron chi connectivity index (χ1n) is 9.08. The summed E-state index contributed by atoms with van der Waals surface area (Å²) in [5.74, 6) is -1.04. The molecule has 0 aromatic heterocycles. The van der Waals surface area contributed by atoms with Gasteiger partial charge in [0.05, 0.1) is 17.5 Å². The summed E-state index contributed by atoms with van der Waals surface area (Å²) in [5.41, 5.74) is 1.71. The van der Waals surface area contributed by atoms with E-state index in [4.69, 9.17) is 0 Å². The maximum atomic E-state index is 12.8. The Kier molecular flexibility index (Phi) is 5.38. The van der Waals surface area contributed by atoms with E-state index in [0.29, 0.717) is 29.8 Å². The molecular weight excluding hydrogens is 488 g/mol. The van der Waals surface area contributed by atoms with Crippen LogP contribution in [-0.4, -0.2) is 27.4 Å². The first kappa shape index (κ1) is 19.3. The van der Waals surface area contributed by atoms with Crippen molar-refractivity contribution in [1.29, 1.82) is 0 Å². The van der Waals surface area contributed by atoms with Crippen molar-refractivity contribution < 1.29 is 14.4 Å². The number of nitrogens with zero attached hydrogens (tertiary/aromatic N) is 1. The third-order valence-electron chi connectivity index (χ3n) is 5.33. The van der Waals surface area contributed by atoms with Gasteiger partial charge in [0.2, 0.25) is 11.8 Å². The lowest BCUT2D eigenvalue weighted by molar-refractivity contribution is -0.122. The Morgan fingerprint density at radius 3 is 1.93 bits per heavy atom. The van der Waals surface area contributed by atoms with E-state index in [-0.39, 0.29) is 39.2 Å². The molecule has 2 fully saturated rings. The van der Waals surface area contributed by atoms with Gasteiger partial charge in [0.1, 0.15) is 0 Å². The van der Waals surface area contributed by atoms with Gasteiger partial charge in [-0.3, -0.25) is 19.3 Å². The van der Waals surface area contributed by atoms with Gasteiger partial charge in [-0.1, -0.05) is 50.1 Å². The minimum absolute atomic E-state index is 0.139. The molecule has 7 heteroatoms. The smallest absolute Gasteiger partial charge is 0.255 e. The average molecular weight is 506 g/mol. The molecule has 1 saturated heterocycles. The lowest BCUT2D eigenvalue weighted by Gasteiger charge is -2.29. The zero-order chi connectivity index (χ0) is 19.8. The van der Waals surface area contributed by atoms with Gasteiger partial charge in [0.25, 0.3) is 5.91 Å². The number of carbonyl (C=O) groups is 3. The minimum atomic E-state index is -0.275. The zero-order valence-corrected chi connectivity index (χ0v) is 18.0. The summed E-state index contributed by atoms with van der Waals surface area (Å²) in [4.78, 5) is 39.6. The highest BCUT2D eigenvalue weighted by atomic mass is 79.9. The van der Waals surface area contributed by atoms with Crippen LogP contribution in [0.4, 0.5) is 11.4 Å². The standard InChI is InChI=1S/C21H18Br2N2O3/c22-17-10-15-16(11-18(17)23)21(28)25(20(15)27)14-8-6-13(7-9-14)24-19(26)12-4-2-1-3-5-12/h1-9,15-18H,10-11H2,(H,24,26)/t15-,16+,17-,18-/m0/s1. The SMILES string of the molecule is O=C(Nc1ccc(N2C(=O)[C@H]3C[C@H](Br)[C@@H](Br)C[C@H]3C2=O)cc1)c1ccccc1. The van der Waals surface area contributed by atoms with Crippen LogP contribution in [0.25, 0.3) is 0 Å². The average Bonchev–Trinajstić information content (AvgIpc) is 2.94. The molecule has 0 radical (unpaired) electrons. The van der Waals surface area contributed by atoms with E-state index in [2.05, 4.69) is 37.2 Å². The Morgan fingerprint density at radius 2 is 1.39 bits per heavy atom. The Labute approximate surface area is 179 Å². The topological polar surface area (TPSA) is 66.5 Å².